The number of benzene rings is 1. The molecule has 102 valence electrons. The number of rotatable bonds is 3. The monoisotopic (exact) mass is 270 g/mol. The molecule has 0 radical (unpaired) electrons. The predicted octanol–water partition coefficient (Wildman–Crippen LogP) is 1.27. The number of carboxylic acids is 1. The van der Waals surface area contributed by atoms with Crippen LogP contribution in [0.25, 0.3) is 0 Å². The number of carboxylic acid groups (broad SMARTS) is 1. The van der Waals surface area contributed by atoms with E-state index < -0.39 is 28.0 Å². The summed E-state index contributed by atoms with van der Waals surface area (Å²) in [5.74, 6) is -2.57. The van der Waals surface area contributed by atoms with Crippen LogP contribution in [-0.4, -0.2) is 42.3 Å². The van der Waals surface area contributed by atoms with Crippen molar-refractivity contribution < 1.29 is 24.0 Å². The molecule has 1 aromatic carbocycles. The predicted molar refractivity (Wildman–Crippen MR) is 63.0 cm³/mol. The molecule has 0 unspecified atom stereocenters. The van der Waals surface area contributed by atoms with Gasteiger partial charge in [-0.15, -0.1) is 0 Å². The number of hydrogen-bond acceptors (Lipinski definition) is 5. The Morgan fingerprint density at radius 3 is 2.58 bits per heavy atom. The number of nitro benzene ring substituents is 1. The third-order valence-electron chi connectivity index (χ3n) is 2.84. The molecule has 2 rings (SSSR count). The van der Waals surface area contributed by atoms with Crippen molar-refractivity contribution in [1.29, 1.82) is 0 Å². The van der Waals surface area contributed by atoms with Crippen molar-refractivity contribution in [2.24, 2.45) is 0 Å². The van der Waals surface area contributed by atoms with Gasteiger partial charge in [-0.3, -0.25) is 10.1 Å². The maximum atomic E-state index is 13.5. The highest BCUT2D eigenvalue weighted by Gasteiger charge is 2.26. The lowest BCUT2D eigenvalue weighted by atomic mass is 10.1. The second-order valence-corrected chi connectivity index (χ2v) is 3.98. The number of anilines is 1. The van der Waals surface area contributed by atoms with Crippen LogP contribution in [0.5, 0.6) is 0 Å². The maximum Gasteiger partial charge on any atom is 0.338 e. The largest absolute Gasteiger partial charge is 0.478 e. The van der Waals surface area contributed by atoms with Crippen LogP contribution in [0.1, 0.15) is 10.4 Å². The van der Waals surface area contributed by atoms with Crippen LogP contribution in [0, 0.1) is 15.9 Å². The standard InChI is InChI=1S/C11H11FN2O5/c12-8-6-10(14(17)18)9(5-7(8)11(15)16)13-1-3-19-4-2-13/h5-6H,1-4H2,(H,15,16). The van der Waals surface area contributed by atoms with E-state index in [4.69, 9.17) is 9.84 Å². The van der Waals surface area contributed by atoms with Gasteiger partial charge in [0.25, 0.3) is 5.69 Å². The lowest BCUT2D eigenvalue weighted by molar-refractivity contribution is -0.384. The molecule has 0 spiro atoms. The molecule has 0 atom stereocenters. The molecule has 8 heteroatoms. The molecule has 19 heavy (non-hydrogen) atoms. The average molecular weight is 270 g/mol. The molecule has 0 saturated carbocycles. The van der Waals surface area contributed by atoms with Crippen LogP contribution in [0.15, 0.2) is 12.1 Å². The fraction of sp³-hybridized carbons (Fsp3) is 0.364. The number of ether oxygens (including phenoxy) is 1. The van der Waals surface area contributed by atoms with Gasteiger partial charge in [0.1, 0.15) is 11.5 Å². The van der Waals surface area contributed by atoms with Gasteiger partial charge in [0.05, 0.1) is 29.8 Å². The van der Waals surface area contributed by atoms with Gasteiger partial charge >= 0.3 is 5.97 Å². The van der Waals surface area contributed by atoms with E-state index in [0.717, 1.165) is 6.07 Å². The van der Waals surface area contributed by atoms with E-state index >= 15 is 0 Å². The number of morpholine rings is 1. The fourth-order valence-corrected chi connectivity index (χ4v) is 1.92. The minimum absolute atomic E-state index is 0.104. The van der Waals surface area contributed by atoms with Crippen LogP contribution >= 0.6 is 0 Å². The average Bonchev–Trinajstić information content (AvgIpc) is 2.38. The van der Waals surface area contributed by atoms with Gasteiger partial charge in [0.15, 0.2) is 0 Å². The highest BCUT2D eigenvalue weighted by Crippen LogP contribution is 2.31. The molecule has 1 fully saturated rings. The van der Waals surface area contributed by atoms with Crippen molar-refractivity contribution in [3.63, 3.8) is 0 Å². The Balaban J connectivity index is 2.51. The van der Waals surface area contributed by atoms with E-state index in [9.17, 15) is 19.3 Å². The second-order valence-electron chi connectivity index (χ2n) is 3.98. The van der Waals surface area contributed by atoms with Crippen molar-refractivity contribution in [3.8, 4) is 0 Å². The zero-order chi connectivity index (χ0) is 14.0. The van der Waals surface area contributed by atoms with E-state index in [1.54, 1.807) is 4.90 Å². The van der Waals surface area contributed by atoms with Gasteiger partial charge in [0.2, 0.25) is 0 Å². The van der Waals surface area contributed by atoms with Gasteiger partial charge in [-0.05, 0) is 6.07 Å². The van der Waals surface area contributed by atoms with Gasteiger partial charge < -0.3 is 14.7 Å². The van der Waals surface area contributed by atoms with Crippen LogP contribution in [0.2, 0.25) is 0 Å². The number of carbonyl (C=O) groups is 1. The Morgan fingerprint density at radius 1 is 1.42 bits per heavy atom. The minimum atomic E-state index is -1.46. The molecule has 1 saturated heterocycles. The molecule has 1 aromatic rings. The highest BCUT2D eigenvalue weighted by atomic mass is 19.1. The molecule has 1 N–H and O–H groups in total. The van der Waals surface area contributed by atoms with Gasteiger partial charge in [-0.2, -0.15) is 0 Å². The number of aromatic carboxylic acids is 1. The first-order valence-electron chi connectivity index (χ1n) is 5.54. The van der Waals surface area contributed by atoms with Gasteiger partial charge in [-0.25, -0.2) is 9.18 Å². The molecule has 0 aromatic heterocycles. The summed E-state index contributed by atoms with van der Waals surface area (Å²) in [6.45, 7) is 1.56. The zero-order valence-electron chi connectivity index (χ0n) is 9.84. The number of nitro groups is 1. The summed E-state index contributed by atoms with van der Waals surface area (Å²) in [6.07, 6.45) is 0. The highest BCUT2D eigenvalue weighted by molar-refractivity contribution is 5.90. The van der Waals surface area contributed by atoms with Crippen LogP contribution < -0.4 is 4.90 Å². The van der Waals surface area contributed by atoms with E-state index in [-0.39, 0.29) is 5.69 Å². The van der Waals surface area contributed by atoms with E-state index in [0.29, 0.717) is 32.4 Å². The van der Waals surface area contributed by atoms with Crippen molar-refractivity contribution in [1.82, 2.24) is 0 Å². The molecule has 7 nitrogen and oxygen atoms in total. The summed E-state index contributed by atoms with van der Waals surface area (Å²) >= 11 is 0. The molecular weight excluding hydrogens is 259 g/mol. The molecule has 0 aliphatic carbocycles. The summed E-state index contributed by atoms with van der Waals surface area (Å²) in [7, 11) is 0. The molecule has 1 aliphatic rings. The van der Waals surface area contributed by atoms with Crippen molar-refractivity contribution in [3.05, 3.63) is 33.6 Å². The van der Waals surface area contributed by atoms with Crippen LogP contribution in [0.4, 0.5) is 15.8 Å². The zero-order valence-corrected chi connectivity index (χ0v) is 9.84. The Morgan fingerprint density at radius 2 is 2.05 bits per heavy atom. The Labute approximate surface area is 107 Å². The fourth-order valence-electron chi connectivity index (χ4n) is 1.92. The molecule has 1 aliphatic heterocycles. The lowest BCUT2D eigenvalue weighted by Crippen LogP contribution is -2.36. The Kier molecular flexibility index (Phi) is 3.61. The number of hydrogen-bond donors (Lipinski definition) is 1. The van der Waals surface area contributed by atoms with E-state index in [1.807, 2.05) is 0 Å². The summed E-state index contributed by atoms with van der Waals surface area (Å²) in [5, 5.41) is 19.8. The second kappa shape index (κ2) is 5.19. The first-order valence-corrected chi connectivity index (χ1v) is 5.54. The smallest absolute Gasteiger partial charge is 0.338 e. The van der Waals surface area contributed by atoms with E-state index in [2.05, 4.69) is 0 Å². The SMILES string of the molecule is O=C(O)c1cc(N2CCOCC2)c([N+](=O)[O-])cc1F. The normalized spacial score (nSPS) is 15.3. The first-order chi connectivity index (χ1) is 9.00. The van der Waals surface area contributed by atoms with Crippen LogP contribution in [0.3, 0.4) is 0 Å². The van der Waals surface area contributed by atoms with Crippen LogP contribution in [-0.2, 0) is 4.74 Å². The Hall–Kier alpha value is -2.22. The minimum Gasteiger partial charge on any atom is -0.478 e. The summed E-state index contributed by atoms with van der Waals surface area (Å²) in [5.41, 5.74) is -0.913. The molecule has 1 heterocycles. The summed E-state index contributed by atoms with van der Waals surface area (Å²) < 4.78 is 18.6. The quantitative estimate of drug-likeness (QED) is 0.656. The van der Waals surface area contributed by atoms with Crippen molar-refractivity contribution >= 4 is 17.3 Å². The Bertz CT molecular complexity index is 528. The molecule has 0 bridgehead atoms. The van der Waals surface area contributed by atoms with Crippen molar-refractivity contribution in [2.75, 3.05) is 31.2 Å². The molecule has 0 amide bonds. The first kappa shape index (κ1) is 13.2. The number of nitrogens with zero attached hydrogens (tertiary/aromatic N) is 2. The summed E-state index contributed by atoms with van der Waals surface area (Å²) in [4.78, 5) is 22.7. The van der Waals surface area contributed by atoms with E-state index in [1.165, 1.54) is 0 Å². The number of halogens is 1. The van der Waals surface area contributed by atoms with Gasteiger partial charge in [-0.1, -0.05) is 0 Å². The van der Waals surface area contributed by atoms with Gasteiger partial charge in [0, 0.05) is 13.1 Å². The maximum absolute atomic E-state index is 13.5. The summed E-state index contributed by atoms with van der Waals surface area (Å²) in [6, 6.07) is 1.65. The lowest BCUT2D eigenvalue weighted by Gasteiger charge is -2.28. The van der Waals surface area contributed by atoms with Crippen molar-refractivity contribution in [2.45, 2.75) is 0 Å². The topological polar surface area (TPSA) is 92.9 Å². The molecular formula is C11H11FN2O5. The third-order valence-corrected chi connectivity index (χ3v) is 2.84. The third kappa shape index (κ3) is 2.63.